The van der Waals surface area contributed by atoms with Crippen molar-refractivity contribution in [2.75, 3.05) is 13.2 Å². The maximum atomic E-state index is 13.3. The average molecular weight is 313 g/mol. The second-order valence-electron chi connectivity index (χ2n) is 7.75. The van der Waals surface area contributed by atoms with Crippen LogP contribution in [-0.4, -0.2) is 36.1 Å². The summed E-state index contributed by atoms with van der Waals surface area (Å²) in [5, 5.41) is 0. The third-order valence-corrected chi connectivity index (χ3v) is 6.16. The molecule has 2 aliphatic carbocycles. The van der Waals surface area contributed by atoms with Crippen LogP contribution in [0.25, 0.3) is 0 Å². The van der Waals surface area contributed by atoms with Crippen LogP contribution in [0.3, 0.4) is 0 Å². The standard InChI is InChI=1S/C20H27NO2/c1-14(2)21(16-8-11-23-12-9-16)19(22)18-13-20(18)10-7-15-5-3-4-6-17(15)20/h3-6,14,16,18H,7-13H2,1-2H3/t18-,20+/m1/s1. The Bertz CT molecular complexity index is 605. The molecule has 1 aromatic rings. The highest BCUT2D eigenvalue weighted by molar-refractivity contribution is 5.85. The Morgan fingerprint density at radius 3 is 2.74 bits per heavy atom. The molecule has 3 nitrogen and oxygen atoms in total. The molecule has 3 heteroatoms. The van der Waals surface area contributed by atoms with Crippen LogP contribution >= 0.6 is 0 Å². The Morgan fingerprint density at radius 1 is 1.26 bits per heavy atom. The van der Waals surface area contributed by atoms with E-state index in [2.05, 4.69) is 43.0 Å². The highest BCUT2D eigenvalue weighted by Crippen LogP contribution is 2.62. The lowest BCUT2D eigenvalue weighted by molar-refractivity contribution is -0.139. The maximum absolute atomic E-state index is 13.3. The molecule has 1 aromatic carbocycles. The van der Waals surface area contributed by atoms with Gasteiger partial charge in [0.05, 0.1) is 0 Å². The van der Waals surface area contributed by atoms with Crippen molar-refractivity contribution in [1.29, 1.82) is 0 Å². The van der Waals surface area contributed by atoms with Gasteiger partial charge in [-0.15, -0.1) is 0 Å². The number of ether oxygens (including phenoxy) is 1. The molecule has 4 rings (SSSR count). The number of aryl methyl sites for hydroxylation is 1. The quantitative estimate of drug-likeness (QED) is 0.857. The first-order valence-corrected chi connectivity index (χ1v) is 9.12. The Kier molecular flexibility index (Phi) is 3.72. The summed E-state index contributed by atoms with van der Waals surface area (Å²) >= 11 is 0. The van der Waals surface area contributed by atoms with Crippen molar-refractivity contribution < 1.29 is 9.53 Å². The van der Waals surface area contributed by atoms with Gasteiger partial charge in [-0.3, -0.25) is 4.79 Å². The fourth-order valence-electron chi connectivity index (χ4n) is 4.92. The van der Waals surface area contributed by atoms with Gasteiger partial charge in [-0.05, 0) is 57.1 Å². The first kappa shape index (κ1) is 15.2. The van der Waals surface area contributed by atoms with E-state index in [1.165, 1.54) is 11.1 Å². The van der Waals surface area contributed by atoms with Crippen molar-refractivity contribution in [1.82, 2.24) is 4.90 Å². The molecule has 2 fully saturated rings. The Labute approximate surface area is 139 Å². The van der Waals surface area contributed by atoms with Gasteiger partial charge in [-0.2, -0.15) is 0 Å². The molecule has 1 saturated heterocycles. The molecule has 1 saturated carbocycles. The van der Waals surface area contributed by atoms with E-state index in [0.29, 0.717) is 11.9 Å². The number of carbonyl (C=O) groups excluding carboxylic acids is 1. The molecular weight excluding hydrogens is 286 g/mol. The van der Waals surface area contributed by atoms with E-state index >= 15 is 0 Å². The summed E-state index contributed by atoms with van der Waals surface area (Å²) in [6.07, 6.45) is 5.32. The van der Waals surface area contributed by atoms with Crippen LogP contribution < -0.4 is 0 Å². The number of rotatable bonds is 3. The van der Waals surface area contributed by atoms with Gasteiger partial charge in [0.25, 0.3) is 0 Å². The molecule has 1 heterocycles. The van der Waals surface area contributed by atoms with Crippen LogP contribution in [0.15, 0.2) is 24.3 Å². The number of hydrogen-bond acceptors (Lipinski definition) is 2. The topological polar surface area (TPSA) is 29.5 Å². The van der Waals surface area contributed by atoms with Crippen molar-refractivity contribution in [2.24, 2.45) is 5.92 Å². The van der Waals surface area contributed by atoms with E-state index in [0.717, 1.165) is 45.3 Å². The largest absolute Gasteiger partial charge is 0.381 e. The van der Waals surface area contributed by atoms with Crippen molar-refractivity contribution in [3.63, 3.8) is 0 Å². The van der Waals surface area contributed by atoms with Crippen LogP contribution in [-0.2, 0) is 21.4 Å². The first-order valence-electron chi connectivity index (χ1n) is 9.12. The number of nitrogens with zero attached hydrogens (tertiary/aromatic N) is 1. The summed E-state index contributed by atoms with van der Waals surface area (Å²) in [6.45, 7) is 5.90. The van der Waals surface area contributed by atoms with Crippen LogP contribution in [0.1, 0.15) is 50.7 Å². The molecule has 1 amide bonds. The summed E-state index contributed by atoms with van der Waals surface area (Å²) in [5.74, 6) is 0.597. The Morgan fingerprint density at radius 2 is 2.00 bits per heavy atom. The van der Waals surface area contributed by atoms with Gasteiger partial charge in [-0.1, -0.05) is 24.3 Å². The molecule has 0 radical (unpaired) electrons. The third-order valence-electron chi connectivity index (χ3n) is 6.16. The van der Waals surface area contributed by atoms with E-state index in [9.17, 15) is 4.79 Å². The van der Waals surface area contributed by atoms with E-state index in [4.69, 9.17) is 4.74 Å². The van der Waals surface area contributed by atoms with Crippen molar-refractivity contribution >= 4 is 5.91 Å². The fourth-order valence-corrected chi connectivity index (χ4v) is 4.92. The van der Waals surface area contributed by atoms with Gasteiger partial charge in [0, 0.05) is 36.6 Å². The highest BCUT2D eigenvalue weighted by atomic mass is 16.5. The van der Waals surface area contributed by atoms with Gasteiger partial charge in [0.1, 0.15) is 0 Å². The summed E-state index contributed by atoms with van der Waals surface area (Å²) in [7, 11) is 0. The molecule has 23 heavy (non-hydrogen) atoms. The van der Waals surface area contributed by atoms with Crippen LogP contribution in [0.5, 0.6) is 0 Å². The zero-order chi connectivity index (χ0) is 16.0. The number of hydrogen-bond donors (Lipinski definition) is 0. The molecule has 0 bridgehead atoms. The number of benzene rings is 1. The first-order chi connectivity index (χ1) is 11.1. The summed E-state index contributed by atoms with van der Waals surface area (Å²) in [5.41, 5.74) is 3.07. The highest BCUT2D eigenvalue weighted by Gasteiger charge is 2.62. The zero-order valence-corrected chi connectivity index (χ0v) is 14.3. The molecule has 1 aliphatic heterocycles. The summed E-state index contributed by atoms with van der Waals surface area (Å²) in [4.78, 5) is 15.5. The predicted molar refractivity (Wildman–Crippen MR) is 90.4 cm³/mol. The zero-order valence-electron chi connectivity index (χ0n) is 14.3. The van der Waals surface area contributed by atoms with Crippen molar-refractivity contribution in [2.45, 2.75) is 63.5 Å². The van der Waals surface area contributed by atoms with Crippen LogP contribution in [0, 0.1) is 5.92 Å². The average Bonchev–Trinajstić information content (AvgIpc) is 3.18. The Balaban J connectivity index is 1.55. The minimum Gasteiger partial charge on any atom is -0.381 e. The number of fused-ring (bicyclic) bond motifs is 2. The number of carbonyl (C=O) groups is 1. The van der Waals surface area contributed by atoms with Crippen molar-refractivity contribution in [3.05, 3.63) is 35.4 Å². The smallest absolute Gasteiger partial charge is 0.227 e. The van der Waals surface area contributed by atoms with Gasteiger partial charge in [-0.25, -0.2) is 0 Å². The third kappa shape index (κ3) is 2.40. The van der Waals surface area contributed by atoms with E-state index < -0.39 is 0 Å². The summed E-state index contributed by atoms with van der Waals surface area (Å²) in [6, 6.07) is 9.39. The maximum Gasteiger partial charge on any atom is 0.227 e. The van der Waals surface area contributed by atoms with E-state index in [1.807, 2.05) is 0 Å². The monoisotopic (exact) mass is 313 g/mol. The predicted octanol–water partition coefficient (Wildman–Crippen LogP) is 3.31. The minimum atomic E-state index is 0.159. The van der Waals surface area contributed by atoms with Gasteiger partial charge in [0.2, 0.25) is 5.91 Å². The molecule has 1 spiro atoms. The fraction of sp³-hybridized carbons (Fsp3) is 0.650. The van der Waals surface area contributed by atoms with E-state index in [-0.39, 0.29) is 17.4 Å². The van der Waals surface area contributed by atoms with E-state index in [1.54, 1.807) is 0 Å². The van der Waals surface area contributed by atoms with Gasteiger partial charge >= 0.3 is 0 Å². The lowest BCUT2D eigenvalue weighted by Crippen LogP contribution is -2.48. The van der Waals surface area contributed by atoms with Crippen molar-refractivity contribution in [3.8, 4) is 0 Å². The molecule has 0 unspecified atom stereocenters. The van der Waals surface area contributed by atoms with Crippen LogP contribution in [0.4, 0.5) is 0 Å². The lowest BCUT2D eigenvalue weighted by Gasteiger charge is -2.38. The lowest BCUT2D eigenvalue weighted by atomic mass is 9.94. The Hall–Kier alpha value is -1.35. The van der Waals surface area contributed by atoms with Gasteiger partial charge in [0.15, 0.2) is 0 Å². The second-order valence-corrected chi connectivity index (χ2v) is 7.75. The molecule has 3 aliphatic rings. The minimum absolute atomic E-state index is 0.159. The summed E-state index contributed by atoms with van der Waals surface area (Å²) < 4.78 is 5.49. The number of amides is 1. The molecule has 2 atom stereocenters. The van der Waals surface area contributed by atoms with Gasteiger partial charge < -0.3 is 9.64 Å². The molecular formula is C20H27NO2. The molecule has 124 valence electrons. The molecule has 0 N–H and O–H groups in total. The molecule has 0 aromatic heterocycles. The second kappa shape index (κ2) is 5.62. The SMILES string of the molecule is CC(C)N(C(=O)[C@H]1C[C@]12CCc1ccccc12)C1CCOCC1. The van der Waals surface area contributed by atoms with Crippen LogP contribution in [0.2, 0.25) is 0 Å². The normalized spacial score (nSPS) is 29.8.